The molecular weight excluding hydrogens is 510 g/mol. The molecule has 1 N–H and O–H groups in total. The van der Waals surface area contributed by atoms with E-state index >= 15 is 0 Å². The summed E-state index contributed by atoms with van der Waals surface area (Å²) in [6, 6.07) is 4.64. The molecule has 0 bridgehead atoms. The highest BCUT2D eigenvalue weighted by Gasteiger charge is 2.46. The zero-order chi connectivity index (χ0) is 21.6. The lowest BCUT2D eigenvalue weighted by molar-refractivity contribution is -0.137. The Balaban J connectivity index is 1.96. The average Bonchev–Trinajstić information content (AvgIpc) is 3.54. The van der Waals surface area contributed by atoms with Crippen molar-refractivity contribution in [1.82, 2.24) is 10.3 Å². The lowest BCUT2D eigenvalue weighted by Crippen LogP contribution is -2.42. The Bertz CT molecular complexity index is 1110. The summed E-state index contributed by atoms with van der Waals surface area (Å²) in [5.41, 5.74) is -0.486. The molecule has 9 heteroatoms. The summed E-state index contributed by atoms with van der Waals surface area (Å²) in [4.78, 5) is 21.5. The van der Waals surface area contributed by atoms with Crippen LogP contribution < -0.4 is 5.32 Å². The topological polar surface area (TPSA) is 63.6 Å². The number of pyridine rings is 1. The molecule has 30 heavy (non-hydrogen) atoms. The van der Waals surface area contributed by atoms with Crippen molar-refractivity contribution < 1.29 is 22.7 Å². The van der Waals surface area contributed by atoms with E-state index in [2.05, 4.69) is 15.3 Å². The molecule has 1 atom stereocenters. The number of methoxy groups -OCH3 is 1. The number of allylic oxidation sites excluding steroid dienone is 1. The number of esters is 1. The number of hydrogen-bond acceptors (Lipinski definition) is 5. The normalized spacial score (nSPS) is 21.2. The van der Waals surface area contributed by atoms with Gasteiger partial charge in [-0.2, -0.15) is 0 Å². The molecule has 2 heterocycles. The summed E-state index contributed by atoms with van der Waals surface area (Å²) in [6.07, 6.45) is 3.15. The van der Waals surface area contributed by atoms with Crippen LogP contribution in [0.15, 0.2) is 46.7 Å². The summed E-state index contributed by atoms with van der Waals surface area (Å²) in [6.45, 7) is 1.60. The van der Waals surface area contributed by atoms with Crippen molar-refractivity contribution in [2.75, 3.05) is 7.11 Å². The van der Waals surface area contributed by atoms with Crippen molar-refractivity contribution in [1.29, 1.82) is 0 Å². The van der Waals surface area contributed by atoms with Gasteiger partial charge in [-0.3, -0.25) is 0 Å². The average molecular weight is 527 g/mol. The number of carbonyl (C=O) groups excluding carboxylic acids is 1. The first-order valence-electron chi connectivity index (χ1n) is 9.21. The highest BCUT2D eigenvalue weighted by atomic mass is 127. The van der Waals surface area contributed by atoms with Crippen LogP contribution in [-0.4, -0.2) is 23.9 Å². The van der Waals surface area contributed by atoms with E-state index < -0.39 is 29.0 Å². The van der Waals surface area contributed by atoms with Crippen LogP contribution in [0.1, 0.15) is 31.0 Å². The molecule has 1 fully saturated rings. The number of aromatic nitrogens is 1. The summed E-state index contributed by atoms with van der Waals surface area (Å²) in [5, 5.41) is 3.06. The number of aliphatic imine (C=N–C) groups is 1. The van der Waals surface area contributed by atoms with Gasteiger partial charge in [0.2, 0.25) is 0 Å². The second kappa shape index (κ2) is 7.68. The number of nitrogens with one attached hydrogen (secondary N) is 1. The fourth-order valence-electron chi connectivity index (χ4n) is 3.56. The molecule has 156 valence electrons. The molecule has 0 amide bonds. The molecule has 1 saturated carbocycles. The third kappa shape index (κ3) is 3.59. The monoisotopic (exact) mass is 527 g/mol. The maximum atomic E-state index is 14.7. The molecule has 0 radical (unpaired) electrons. The number of amidine groups is 1. The summed E-state index contributed by atoms with van der Waals surface area (Å²) < 4.78 is 47.9. The fourth-order valence-corrected chi connectivity index (χ4v) is 3.97. The Hall–Kier alpha value is -2.43. The van der Waals surface area contributed by atoms with Crippen molar-refractivity contribution in [2.24, 2.45) is 10.9 Å². The number of nitrogens with zero attached hydrogens (tertiary/aromatic N) is 2. The van der Waals surface area contributed by atoms with Gasteiger partial charge in [0, 0.05) is 15.5 Å². The first-order valence-corrected chi connectivity index (χ1v) is 10.3. The second-order valence-electron chi connectivity index (χ2n) is 7.33. The highest BCUT2D eigenvalue weighted by molar-refractivity contribution is 14.1. The zero-order valence-electron chi connectivity index (χ0n) is 16.1. The van der Waals surface area contributed by atoms with Crippen LogP contribution in [0.3, 0.4) is 0 Å². The SMILES string of the molecule is COC(=O)C1=C(C2CC2)NC(c2ncc(I)cc2F)=NC1(C)c1ccc(F)c(F)c1. The van der Waals surface area contributed by atoms with E-state index in [0.29, 0.717) is 9.27 Å². The number of ether oxygens (including phenoxy) is 1. The van der Waals surface area contributed by atoms with Gasteiger partial charge in [0.15, 0.2) is 23.3 Å². The van der Waals surface area contributed by atoms with E-state index in [4.69, 9.17) is 4.74 Å². The Morgan fingerprint density at radius 3 is 2.53 bits per heavy atom. The molecule has 5 nitrogen and oxygen atoms in total. The van der Waals surface area contributed by atoms with Gasteiger partial charge in [-0.05, 0) is 72.0 Å². The number of benzene rings is 1. The number of hydrogen-bond donors (Lipinski definition) is 1. The van der Waals surface area contributed by atoms with Crippen molar-refractivity contribution in [2.45, 2.75) is 25.3 Å². The van der Waals surface area contributed by atoms with Crippen LogP contribution in [-0.2, 0) is 15.1 Å². The molecule has 1 aromatic heterocycles. The van der Waals surface area contributed by atoms with Crippen molar-refractivity contribution >= 4 is 34.4 Å². The maximum absolute atomic E-state index is 14.7. The Kier molecular flexibility index (Phi) is 5.33. The molecule has 1 aliphatic carbocycles. The van der Waals surface area contributed by atoms with E-state index in [-0.39, 0.29) is 28.6 Å². The molecule has 1 unspecified atom stereocenters. The van der Waals surface area contributed by atoms with E-state index in [1.165, 1.54) is 25.4 Å². The van der Waals surface area contributed by atoms with Gasteiger partial charge in [-0.1, -0.05) is 6.07 Å². The van der Waals surface area contributed by atoms with Crippen LogP contribution >= 0.6 is 22.6 Å². The quantitative estimate of drug-likeness (QED) is 0.479. The van der Waals surface area contributed by atoms with Crippen LogP contribution in [0, 0.1) is 26.9 Å². The van der Waals surface area contributed by atoms with Crippen LogP contribution in [0.5, 0.6) is 0 Å². The van der Waals surface area contributed by atoms with Gasteiger partial charge in [-0.15, -0.1) is 0 Å². The van der Waals surface area contributed by atoms with E-state index in [0.717, 1.165) is 25.0 Å². The fraction of sp³-hybridized carbons (Fsp3) is 0.286. The molecule has 2 aromatic rings. The first-order chi connectivity index (χ1) is 14.2. The largest absolute Gasteiger partial charge is 0.466 e. The highest BCUT2D eigenvalue weighted by Crippen LogP contribution is 2.46. The third-order valence-corrected chi connectivity index (χ3v) is 5.82. The molecule has 0 spiro atoms. The summed E-state index contributed by atoms with van der Waals surface area (Å²) >= 11 is 1.95. The number of rotatable bonds is 4. The molecule has 1 aromatic carbocycles. The van der Waals surface area contributed by atoms with Crippen LogP contribution in [0.25, 0.3) is 0 Å². The molecule has 4 rings (SSSR count). The minimum atomic E-state index is -1.43. The maximum Gasteiger partial charge on any atom is 0.338 e. The number of halogens is 4. The number of carbonyl (C=O) groups is 1. The lowest BCUT2D eigenvalue weighted by atomic mass is 9.81. The predicted octanol–water partition coefficient (Wildman–Crippen LogP) is 4.21. The molecular formula is C21H17F3IN3O2. The molecule has 2 aliphatic rings. The molecule has 0 saturated heterocycles. The van der Waals surface area contributed by atoms with E-state index in [1.807, 2.05) is 22.6 Å². The van der Waals surface area contributed by atoms with Gasteiger partial charge in [0.05, 0.1) is 12.7 Å². The van der Waals surface area contributed by atoms with Crippen molar-refractivity contribution in [3.05, 3.63) is 74.0 Å². The summed E-state index contributed by atoms with van der Waals surface area (Å²) in [5.74, 6) is -3.17. The third-order valence-electron chi connectivity index (χ3n) is 5.23. The lowest BCUT2D eigenvalue weighted by Gasteiger charge is -2.35. The Labute approximate surface area is 184 Å². The van der Waals surface area contributed by atoms with E-state index in [9.17, 15) is 18.0 Å². The minimum Gasteiger partial charge on any atom is -0.466 e. The zero-order valence-corrected chi connectivity index (χ0v) is 18.3. The smallest absolute Gasteiger partial charge is 0.338 e. The minimum absolute atomic E-state index is 0.0220. The summed E-state index contributed by atoms with van der Waals surface area (Å²) in [7, 11) is 1.24. The van der Waals surface area contributed by atoms with Gasteiger partial charge in [0.25, 0.3) is 0 Å². The predicted molar refractivity (Wildman–Crippen MR) is 112 cm³/mol. The van der Waals surface area contributed by atoms with Crippen LogP contribution in [0.4, 0.5) is 13.2 Å². The molecule has 1 aliphatic heterocycles. The van der Waals surface area contributed by atoms with Gasteiger partial charge in [-0.25, -0.2) is 27.9 Å². The Morgan fingerprint density at radius 2 is 1.93 bits per heavy atom. The van der Waals surface area contributed by atoms with Gasteiger partial charge < -0.3 is 10.1 Å². The standard InChI is InChI=1S/C21H17F3IN3O2/c1-21(11-5-6-13(22)14(23)7-11)16(20(29)30-2)17(10-3-4-10)27-19(28-21)18-15(24)8-12(25)9-26-18/h5-10H,3-4H2,1-2H3,(H,27,28). The Morgan fingerprint density at radius 1 is 1.20 bits per heavy atom. The first kappa shape index (κ1) is 20.8. The van der Waals surface area contributed by atoms with Crippen molar-refractivity contribution in [3.8, 4) is 0 Å². The van der Waals surface area contributed by atoms with Gasteiger partial charge in [0.1, 0.15) is 11.2 Å². The van der Waals surface area contributed by atoms with Gasteiger partial charge >= 0.3 is 5.97 Å². The van der Waals surface area contributed by atoms with E-state index in [1.54, 1.807) is 6.92 Å². The second-order valence-corrected chi connectivity index (χ2v) is 8.57. The van der Waals surface area contributed by atoms with Crippen LogP contribution in [0.2, 0.25) is 0 Å². The van der Waals surface area contributed by atoms with Crippen molar-refractivity contribution in [3.63, 3.8) is 0 Å².